The highest BCUT2D eigenvalue weighted by atomic mass is 35.5. The van der Waals surface area contributed by atoms with Crippen LogP contribution in [0.5, 0.6) is 0 Å². The molecular weight excluding hydrogens is 383 g/mol. The van der Waals surface area contributed by atoms with Crippen molar-refractivity contribution in [1.29, 1.82) is 0 Å². The number of sulfone groups is 1. The smallest absolute Gasteiger partial charge is 0.212 e. The van der Waals surface area contributed by atoms with Gasteiger partial charge in [-0.25, -0.2) is 13.1 Å². The molecule has 0 aliphatic heterocycles. The van der Waals surface area contributed by atoms with Gasteiger partial charge in [-0.15, -0.1) is 0 Å². The van der Waals surface area contributed by atoms with Crippen molar-refractivity contribution in [1.82, 2.24) is 9.78 Å². The van der Waals surface area contributed by atoms with Gasteiger partial charge in [-0.05, 0) is 37.3 Å². The van der Waals surface area contributed by atoms with Crippen molar-refractivity contribution in [3.05, 3.63) is 58.2 Å². The van der Waals surface area contributed by atoms with Crippen molar-refractivity contribution >= 4 is 44.5 Å². The number of rotatable bonds is 3. The Bertz CT molecular complexity index is 1080. The second-order valence-corrected chi connectivity index (χ2v) is 8.05. The molecule has 25 heavy (non-hydrogen) atoms. The first kappa shape index (κ1) is 17.6. The molecule has 0 aliphatic rings. The van der Waals surface area contributed by atoms with E-state index in [1.807, 2.05) is 0 Å². The first-order valence-electron chi connectivity index (χ1n) is 7.13. The van der Waals surface area contributed by atoms with Crippen molar-refractivity contribution in [3.63, 3.8) is 0 Å². The molecule has 2 aromatic carbocycles. The molecule has 0 atom stereocenters. The fourth-order valence-corrected chi connectivity index (χ4v) is 4.47. The summed E-state index contributed by atoms with van der Waals surface area (Å²) in [5, 5.41) is 4.79. The minimum atomic E-state index is -3.93. The molecule has 0 amide bonds. The van der Waals surface area contributed by atoms with Gasteiger partial charge in [-0.1, -0.05) is 35.3 Å². The van der Waals surface area contributed by atoms with E-state index in [2.05, 4.69) is 5.10 Å². The van der Waals surface area contributed by atoms with Crippen LogP contribution in [0.15, 0.2) is 52.3 Å². The highest BCUT2D eigenvalue weighted by molar-refractivity contribution is 7.91. The van der Waals surface area contributed by atoms with Crippen LogP contribution in [0, 0.1) is 6.92 Å². The average Bonchev–Trinajstić information content (AvgIpc) is 2.85. The third-order valence-corrected chi connectivity index (χ3v) is 6.23. The molecule has 0 aliphatic carbocycles. The minimum absolute atomic E-state index is 0.0137. The predicted octanol–water partition coefficient (Wildman–Crippen LogP) is 3.48. The highest BCUT2D eigenvalue weighted by Gasteiger charge is 2.28. The van der Waals surface area contributed by atoms with Crippen molar-refractivity contribution in [2.24, 2.45) is 0 Å². The zero-order valence-electron chi connectivity index (χ0n) is 13.1. The molecule has 9 heteroatoms. The molecule has 0 saturated carbocycles. The standard InChI is InChI=1S/C16H14Cl2N4O2S/c1-9-15(25(23,24)10-6-7-13(19)12(18)8-10)16(20)22(21-9)14-5-3-2-4-11(14)17/h2-8H,19-20H2,1H3. The van der Waals surface area contributed by atoms with E-state index < -0.39 is 9.84 Å². The number of anilines is 2. The van der Waals surface area contributed by atoms with Crippen molar-refractivity contribution in [2.45, 2.75) is 16.7 Å². The molecule has 0 radical (unpaired) electrons. The Morgan fingerprint density at radius 3 is 2.36 bits per heavy atom. The van der Waals surface area contributed by atoms with Crippen LogP contribution in [-0.4, -0.2) is 18.2 Å². The summed E-state index contributed by atoms with van der Waals surface area (Å²) in [6.07, 6.45) is 0. The molecule has 0 saturated heterocycles. The third-order valence-electron chi connectivity index (χ3n) is 3.67. The van der Waals surface area contributed by atoms with E-state index in [1.54, 1.807) is 31.2 Å². The molecule has 3 aromatic rings. The van der Waals surface area contributed by atoms with Gasteiger partial charge in [0.2, 0.25) is 9.84 Å². The van der Waals surface area contributed by atoms with E-state index in [0.29, 0.717) is 10.7 Å². The summed E-state index contributed by atoms with van der Waals surface area (Å²) in [6.45, 7) is 1.56. The number of aryl methyl sites for hydroxylation is 1. The quantitative estimate of drug-likeness (QED) is 0.659. The van der Waals surface area contributed by atoms with Crippen LogP contribution < -0.4 is 11.5 Å². The van der Waals surface area contributed by atoms with E-state index >= 15 is 0 Å². The molecule has 1 heterocycles. The SMILES string of the molecule is Cc1nn(-c2ccccc2Cl)c(N)c1S(=O)(=O)c1ccc(N)c(Cl)c1. The van der Waals surface area contributed by atoms with Crippen molar-refractivity contribution < 1.29 is 8.42 Å². The molecule has 4 N–H and O–H groups in total. The summed E-state index contributed by atoms with van der Waals surface area (Å²) in [4.78, 5) is -0.103. The first-order valence-corrected chi connectivity index (χ1v) is 9.37. The molecule has 3 rings (SSSR count). The number of para-hydroxylation sites is 1. The van der Waals surface area contributed by atoms with Gasteiger partial charge in [-0.2, -0.15) is 5.10 Å². The number of hydrogen-bond donors (Lipinski definition) is 2. The molecule has 1 aromatic heterocycles. The summed E-state index contributed by atoms with van der Waals surface area (Å²) in [7, 11) is -3.93. The summed E-state index contributed by atoms with van der Waals surface area (Å²) in [5.41, 5.74) is 12.8. The van der Waals surface area contributed by atoms with Gasteiger partial charge in [-0.3, -0.25) is 0 Å². The van der Waals surface area contributed by atoms with E-state index in [4.69, 9.17) is 34.7 Å². The second-order valence-electron chi connectivity index (χ2n) is 5.35. The van der Waals surface area contributed by atoms with Crippen LogP contribution in [0.2, 0.25) is 10.0 Å². The molecule has 0 spiro atoms. The van der Waals surface area contributed by atoms with Gasteiger partial charge in [0.25, 0.3) is 0 Å². The Balaban J connectivity index is 2.21. The van der Waals surface area contributed by atoms with Gasteiger partial charge in [0.05, 0.1) is 32.0 Å². The number of nitrogens with zero attached hydrogens (tertiary/aromatic N) is 2. The molecule has 0 fully saturated rings. The average molecular weight is 397 g/mol. The van der Waals surface area contributed by atoms with E-state index in [9.17, 15) is 8.42 Å². The predicted molar refractivity (Wildman–Crippen MR) is 99.0 cm³/mol. The zero-order chi connectivity index (χ0) is 18.4. The molecule has 0 bridgehead atoms. The largest absolute Gasteiger partial charge is 0.398 e. The van der Waals surface area contributed by atoms with Gasteiger partial charge in [0.15, 0.2) is 0 Å². The van der Waals surface area contributed by atoms with E-state index in [1.165, 1.54) is 22.9 Å². The molecule has 130 valence electrons. The zero-order valence-corrected chi connectivity index (χ0v) is 15.4. The van der Waals surface area contributed by atoms with Crippen LogP contribution in [0.3, 0.4) is 0 Å². The van der Waals surface area contributed by atoms with Gasteiger partial charge >= 0.3 is 0 Å². The number of hydrogen-bond acceptors (Lipinski definition) is 5. The fraction of sp³-hybridized carbons (Fsp3) is 0.0625. The van der Waals surface area contributed by atoms with Crippen LogP contribution in [0.25, 0.3) is 5.69 Å². The number of benzene rings is 2. The van der Waals surface area contributed by atoms with Gasteiger partial charge in [0, 0.05) is 0 Å². The molecular formula is C16H14Cl2N4O2S. The van der Waals surface area contributed by atoms with Crippen molar-refractivity contribution in [3.8, 4) is 5.69 Å². The minimum Gasteiger partial charge on any atom is -0.398 e. The Morgan fingerprint density at radius 2 is 1.72 bits per heavy atom. The summed E-state index contributed by atoms with van der Waals surface area (Å²) in [5.74, 6) is -0.0291. The Labute approximate surface area is 154 Å². The van der Waals surface area contributed by atoms with E-state index in [-0.39, 0.29) is 32.0 Å². The van der Waals surface area contributed by atoms with Crippen LogP contribution >= 0.6 is 23.2 Å². The molecule has 0 unspecified atom stereocenters. The lowest BCUT2D eigenvalue weighted by Gasteiger charge is -2.08. The Kier molecular flexibility index (Phi) is 4.40. The summed E-state index contributed by atoms with van der Waals surface area (Å²) in [6, 6.07) is 11.0. The van der Waals surface area contributed by atoms with Crippen LogP contribution in [0.4, 0.5) is 11.5 Å². The van der Waals surface area contributed by atoms with E-state index in [0.717, 1.165) is 0 Å². The van der Waals surface area contributed by atoms with Crippen molar-refractivity contribution in [2.75, 3.05) is 11.5 Å². The fourth-order valence-electron chi connectivity index (χ4n) is 2.46. The topological polar surface area (TPSA) is 104 Å². The second kappa shape index (κ2) is 6.25. The normalized spacial score (nSPS) is 11.6. The highest BCUT2D eigenvalue weighted by Crippen LogP contribution is 2.34. The van der Waals surface area contributed by atoms with Crippen LogP contribution in [-0.2, 0) is 9.84 Å². The lowest BCUT2D eigenvalue weighted by Crippen LogP contribution is -2.08. The third kappa shape index (κ3) is 2.95. The first-order chi connectivity index (χ1) is 11.7. The summed E-state index contributed by atoms with van der Waals surface area (Å²) >= 11 is 12.1. The monoisotopic (exact) mass is 396 g/mol. The number of nitrogens with two attached hydrogens (primary N) is 2. The maximum Gasteiger partial charge on any atom is 0.212 e. The maximum absolute atomic E-state index is 13.0. The van der Waals surface area contributed by atoms with Gasteiger partial charge in [0.1, 0.15) is 10.7 Å². The lowest BCUT2D eigenvalue weighted by molar-refractivity contribution is 0.596. The van der Waals surface area contributed by atoms with Crippen LogP contribution in [0.1, 0.15) is 5.69 Å². The maximum atomic E-state index is 13.0. The Hall–Kier alpha value is -2.22. The Morgan fingerprint density at radius 1 is 1.04 bits per heavy atom. The summed E-state index contributed by atoms with van der Waals surface area (Å²) < 4.78 is 27.3. The lowest BCUT2D eigenvalue weighted by atomic mass is 10.3. The molecule has 6 nitrogen and oxygen atoms in total. The number of nitrogen functional groups attached to an aromatic ring is 2. The number of aromatic nitrogens is 2. The van der Waals surface area contributed by atoms with Gasteiger partial charge < -0.3 is 11.5 Å². The number of halogens is 2.